The first-order chi connectivity index (χ1) is 6.18. The van der Waals surface area contributed by atoms with Gasteiger partial charge in [-0.15, -0.1) is 0 Å². The number of rotatable bonds is 1. The Morgan fingerprint density at radius 3 is 3.31 bits per heavy atom. The molecule has 0 spiro atoms. The number of hydrogen-bond donors (Lipinski definition) is 2. The average molecular weight is 200 g/mol. The smallest absolute Gasteiger partial charge is 0.314 e. The van der Waals surface area contributed by atoms with Gasteiger partial charge in [0.1, 0.15) is 12.6 Å². The van der Waals surface area contributed by atoms with Gasteiger partial charge in [-0.05, 0) is 11.8 Å². The maximum atomic E-state index is 10.6. The van der Waals surface area contributed by atoms with Crippen LogP contribution in [0.3, 0.4) is 0 Å². The molecule has 2 aliphatic heterocycles. The number of carboxylic acid groups (broad SMARTS) is 1. The molecule has 0 fully saturated rings. The zero-order valence-electron chi connectivity index (χ0n) is 6.69. The number of thioether (sulfide) groups is 1. The van der Waals surface area contributed by atoms with Crippen LogP contribution in [0.25, 0.3) is 0 Å². The normalized spacial score (nSPS) is 26.5. The summed E-state index contributed by atoms with van der Waals surface area (Å²) in [6, 6.07) is -0.586. The molecule has 0 bridgehead atoms. The Labute approximate surface area is 78.8 Å². The van der Waals surface area contributed by atoms with E-state index in [9.17, 15) is 9.90 Å². The first kappa shape index (κ1) is 8.43. The lowest BCUT2D eigenvalue weighted by molar-refractivity contribution is -0.548. The van der Waals surface area contributed by atoms with E-state index in [1.165, 1.54) is 17.8 Å². The maximum absolute atomic E-state index is 10.6. The average Bonchev–Trinajstić information content (AvgIpc) is 2.46. The molecule has 0 amide bonds. The topological polar surface area (TPSA) is 75.4 Å². The van der Waals surface area contributed by atoms with Gasteiger partial charge in [0.2, 0.25) is 0 Å². The molecule has 1 atom stereocenters. The van der Waals surface area contributed by atoms with Crippen LogP contribution >= 0.6 is 11.8 Å². The first-order valence-corrected chi connectivity index (χ1v) is 4.80. The van der Waals surface area contributed by atoms with Crippen molar-refractivity contribution < 1.29 is 19.6 Å². The molecule has 5 nitrogen and oxygen atoms in total. The predicted molar refractivity (Wildman–Crippen MR) is 45.2 cm³/mol. The monoisotopic (exact) mass is 200 g/mol. The summed E-state index contributed by atoms with van der Waals surface area (Å²) in [6.45, 7) is 0.416. The van der Waals surface area contributed by atoms with Crippen LogP contribution in [-0.4, -0.2) is 39.2 Å². The molecule has 0 saturated heterocycles. The van der Waals surface area contributed by atoms with Gasteiger partial charge in [-0.25, -0.2) is 9.89 Å². The molecular weight excluding hydrogens is 192 g/mol. The van der Waals surface area contributed by atoms with Crippen LogP contribution in [0, 0.1) is 0 Å². The molecule has 13 heavy (non-hydrogen) atoms. The van der Waals surface area contributed by atoms with Crippen molar-refractivity contribution in [3.8, 4) is 0 Å². The highest BCUT2D eigenvalue weighted by Crippen LogP contribution is 2.18. The number of amidine groups is 1. The summed E-state index contributed by atoms with van der Waals surface area (Å²) in [5.41, 5.74) is 0. The zero-order chi connectivity index (χ0) is 9.42. The molecular formula is C7H8N2O3S. The molecule has 0 aromatic heterocycles. The Hall–Kier alpha value is -1.17. The van der Waals surface area contributed by atoms with Gasteiger partial charge in [0, 0.05) is 6.08 Å². The SMILES string of the molecule is O=C([O-])C1CSC2=[N+]1CC=C(O)N2. The van der Waals surface area contributed by atoms with E-state index < -0.39 is 12.0 Å². The highest BCUT2D eigenvalue weighted by molar-refractivity contribution is 8.13. The van der Waals surface area contributed by atoms with E-state index in [-0.39, 0.29) is 5.88 Å². The fourth-order valence-corrected chi connectivity index (χ4v) is 2.51. The quantitative estimate of drug-likeness (QED) is 0.490. The van der Waals surface area contributed by atoms with E-state index in [0.29, 0.717) is 17.5 Å². The van der Waals surface area contributed by atoms with E-state index in [1.54, 1.807) is 4.58 Å². The van der Waals surface area contributed by atoms with E-state index in [4.69, 9.17) is 5.11 Å². The molecule has 1 unspecified atom stereocenters. The fourth-order valence-electron chi connectivity index (χ4n) is 1.33. The van der Waals surface area contributed by atoms with Crippen molar-refractivity contribution in [2.24, 2.45) is 0 Å². The maximum Gasteiger partial charge on any atom is 0.314 e. The van der Waals surface area contributed by atoms with Crippen LogP contribution in [0.5, 0.6) is 0 Å². The van der Waals surface area contributed by atoms with Crippen molar-refractivity contribution in [1.82, 2.24) is 5.32 Å². The van der Waals surface area contributed by atoms with E-state index in [1.807, 2.05) is 0 Å². The summed E-state index contributed by atoms with van der Waals surface area (Å²) in [4.78, 5) is 10.6. The van der Waals surface area contributed by atoms with Gasteiger partial charge in [-0.2, -0.15) is 0 Å². The minimum absolute atomic E-state index is 0.0812. The lowest BCUT2D eigenvalue weighted by Gasteiger charge is -2.15. The number of carbonyl (C=O) groups excluding carboxylic acids is 1. The number of nitrogens with one attached hydrogen (secondary N) is 1. The number of carboxylic acids is 1. The third-order valence-electron chi connectivity index (χ3n) is 2.00. The molecule has 0 aromatic carbocycles. The molecule has 0 radical (unpaired) electrons. The lowest BCUT2D eigenvalue weighted by Crippen LogP contribution is -2.46. The van der Waals surface area contributed by atoms with Crippen molar-refractivity contribution in [3.05, 3.63) is 12.0 Å². The predicted octanol–water partition coefficient (Wildman–Crippen LogP) is -1.78. The molecule has 2 aliphatic rings. The third-order valence-corrected chi connectivity index (χ3v) is 3.10. The van der Waals surface area contributed by atoms with Crippen molar-refractivity contribution in [3.63, 3.8) is 0 Å². The van der Waals surface area contributed by atoms with Crippen molar-refractivity contribution in [2.75, 3.05) is 12.3 Å². The van der Waals surface area contributed by atoms with Crippen LogP contribution in [0.15, 0.2) is 12.0 Å². The highest BCUT2D eigenvalue weighted by Gasteiger charge is 2.34. The summed E-state index contributed by atoms with van der Waals surface area (Å²) in [5, 5.41) is 23.1. The van der Waals surface area contributed by atoms with Gasteiger partial charge in [0.05, 0.1) is 11.7 Å². The molecule has 0 aliphatic carbocycles. The Morgan fingerprint density at radius 1 is 1.85 bits per heavy atom. The molecule has 0 saturated carbocycles. The molecule has 70 valence electrons. The second-order valence-corrected chi connectivity index (χ2v) is 3.83. The molecule has 2 heterocycles. The second kappa shape index (κ2) is 2.95. The molecule has 0 aromatic rings. The van der Waals surface area contributed by atoms with Crippen molar-refractivity contribution in [1.29, 1.82) is 0 Å². The molecule has 2 rings (SSSR count). The summed E-state index contributed by atoms with van der Waals surface area (Å²) >= 11 is 1.38. The van der Waals surface area contributed by atoms with E-state index in [0.717, 1.165) is 0 Å². The zero-order valence-corrected chi connectivity index (χ0v) is 7.50. The van der Waals surface area contributed by atoms with Crippen molar-refractivity contribution >= 4 is 22.9 Å². The van der Waals surface area contributed by atoms with Crippen LogP contribution in [0.2, 0.25) is 0 Å². The van der Waals surface area contributed by atoms with Gasteiger partial charge < -0.3 is 15.0 Å². The Bertz CT molecular complexity index is 324. The van der Waals surface area contributed by atoms with E-state index >= 15 is 0 Å². The largest absolute Gasteiger partial charge is 0.546 e. The van der Waals surface area contributed by atoms with Crippen LogP contribution < -0.4 is 10.4 Å². The summed E-state index contributed by atoms with van der Waals surface area (Å²) in [6.07, 6.45) is 1.53. The number of nitrogens with zero attached hydrogens (tertiary/aromatic N) is 1. The minimum Gasteiger partial charge on any atom is -0.546 e. The highest BCUT2D eigenvalue weighted by atomic mass is 32.2. The number of hydrogen-bond acceptors (Lipinski definition) is 5. The Kier molecular flexibility index (Phi) is 1.91. The molecule has 6 heteroatoms. The van der Waals surface area contributed by atoms with Crippen LogP contribution in [-0.2, 0) is 4.79 Å². The van der Waals surface area contributed by atoms with Crippen LogP contribution in [0.1, 0.15) is 0 Å². The Balaban J connectivity index is 2.21. The number of aliphatic carboxylic acids is 1. The van der Waals surface area contributed by atoms with Gasteiger partial charge >= 0.3 is 5.17 Å². The summed E-state index contributed by atoms with van der Waals surface area (Å²) in [7, 11) is 0. The number of carbonyl (C=O) groups is 1. The number of aliphatic hydroxyl groups is 1. The Morgan fingerprint density at radius 2 is 2.62 bits per heavy atom. The standard InChI is InChI=1S/C7H8N2O3S/c10-5-1-2-9-4(6(11)12)3-13-7(9)8-5/h1,4H,2-3H2,(H2,10,11,12). The number of aliphatic hydroxyl groups excluding tert-OH is 1. The first-order valence-electron chi connectivity index (χ1n) is 3.82. The third kappa shape index (κ3) is 1.37. The van der Waals surface area contributed by atoms with Gasteiger partial charge in [0.25, 0.3) is 5.88 Å². The molecule has 2 N–H and O–H groups in total. The summed E-state index contributed by atoms with van der Waals surface area (Å²) < 4.78 is 1.67. The minimum atomic E-state index is -1.07. The van der Waals surface area contributed by atoms with Crippen LogP contribution in [0.4, 0.5) is 0 Å². The van der Waals surface area contributed by atoms with Gasteiger partial charge in [-0.1, -0.05) is 0 Å². The second-order valence-electron chi connectivity index (χ2n) is 2.82. The van der Waals surface area contributed by atoms with E-state index in [2.05, 4.69) is 5.32 Å². The van der Waals surface area contributed by atoms with Gasteiger partial charge in [0.15, 0.2) is 0 Å². The summed E-state index contributed by atoms with van der Waals surface area (Å²) in [5.74, 6) is -0.525. The van der Waals surface area contributed by atoms with Gasteiger partial charge in [-0.3, -0.25) is 0 Å². The lowest BCUT2D eigenvalue weighted by atomic mass is 10.3. The van der Waals surface area contributed by atoms with Crippen molar-refractivity contribution in [2.45, 2.75) is 6.04 Å². The fraction of sp³-hybridized carbons (Fsp3) is 0.429.